The van der Waals surface area contributed by atoms with E-state index in [2.05, 4.69) is 147 Å². The molecule has 1 atom stereocenters. The van der Waals surface area contributed by atoms with E-state index in [9.17, 15) is 4.79 Å². The number of benzene rings is 6. The van der Waals surface area contributed by atoms with Gasteiger partial charge in [0, 0.05) is 39.1 Å². The number of allylic oxidation sites excluding steroid dienone is 8. The zero-order valence-corrected chi connectivity index (χ0v) is 32.6. The van der Waals surface area contributed by atoms with Crippen molar-refractivity contribution in [1.29, 1.82) is 0 Å². The molecule has 0 saturated carbocycles. The third kappa shape index (κ3) is 4.84. The topological polar surface area (TPSA) is 22.0 Å². The molecule has 0 aliphatic heterocycles. The number of hydrogen-bond acceptors (Lipinski definition) is 1. The van der Waals surface area contributed by atoms with E-state index in [0.29, 0.717) is 5.56 Å². The molecule has 1 aromatic heterocycles. The molecular formula is C50H38NOOs. The minimum absolute atomic E-state index is 0. The summed E-state index contributed by atoms with van der Waals surface area (Å²) in [5, 5.41) is 4.93. The van der Waals surface area contributed by atoms with Gasteiger partial charge in [-0.25, -0.2) is 0 Å². The van der Waals surface area contributed by atoms with Gasteiger partial charge in [-0.3, -0.25) is 4.79 Å². The molecule has 0 amide bonds. The van der Waals surface area contributed by atoms with Gasteiger partial charge in [-0.2, -0.15) is 0 Å². The summed E-state index contributed by atoms with van der Waals surface area (Å²) in [5.74, 6) is 0. The van der Waals surface area contributed by atoms with Gasteiger partial charge in [0.1, 0.15) is 6.29 Å². The van der Waals surface area contributed by atoms with Crippen LogP contribution in [0.5, 0.6) is 0 Å². The molecule has 10 rings (SSSR count). The standard InChI is InChI=1S/C50H38NO.Os/c1-4-50-26-12-19-45-47(50)43(40-17-10-11-18-44(40)49(45,2)3)29-37(30-50)51-46-25-22-35(28-42(46)41-24-20-33-15-8-9-16-39(33)48(41)51)34-21-23-38(36(27-34)31-52)32-13-6-5-7-14-32;/h5-13,15-29,31H,4,30H2,1-3H3;/q-1;+1. The molecule has 0 N–H and O–H groups in total. The Hall–Kier alpha value is -5.35. The SMILES string of the molecule is CCC12C=CC=C3C1=C(C=C(n1c4ccc(-c5ccc(-c6[c-]cccc6)c(C=O)c5)cc4c4ccc5ccccc5c41)C2)c1ccccc1C3(C)C.[Os+]. The molecule has 0 fully saturated rings. The Bertz CT molecular complexity index is 2790. The van der Waals surface area contributed by atoms with Crippen LogP contribution in [0.1, 0.15) is 55.1 Å². The largest absolute Gasteiger partial charge is 1.00 e. The van der Waals surface area contributed by atoms with Crippen molar-refractivity contribution < 1.29 is 24.6 Å². The summed E-state index contributed by atoms with van der Waals surface area (Å²) in [6.07, 6.45) is 12.6. The number of aromatic nitrogens is 1. The van der Waals surface area contributed by atoms with E-state index >= 15 is 0 Å². The molecule has 1 radical (unpaired) electrons. The summed E-state index contributed by atoms with van der Waals surface area (Å²) in [7, 11) is 0. The maximum Gasteiger partial charge on any atom is 1.00 e. The van der Waals surface area contributed by atoms with Gasteiger partial charge >= 0.3 is 19.8 Å². The Morgan fingerprint density at radius 1 is 0.792 bits per heavy atom. The van der Waals surface area contributed by atoms with Gasteiger partial charge in [-0.05, 0) is 74.6 Å². The molecule has 3 aliphatic rings. The van der Waals surface area contributed by atoms with Crippen LogP contribution in [0.25, 0.3) is 66.1 Å². The Labute approximate surface area is 323 Å². The van der Waals surface area contributed by atoms with Gasteiger partial charge in [-0.15, -0.1) is 35.9 Å². The first-order valence-electron chi connectivity index (χ1n) is 18.4. The molecule has 6 aromatic carbocycles. The van der Waals surface area contributed by atoms with E-state index in [1.54, 1.807) is 0 Å². The molecule has 1 heterocycles. The van der Waals surface area contributed by atoms with Crippen molar-refractivity contribution in [1.82, 2.24) is 4.57 Å². The number of aldehydes is 1. The smallest absolute Gasteiger partial charge is 0.312 e. The molecular weight excluding hydrogens is 821 g/mol. The van der Waals surface area contributed by atoms with Crippen molar-refractivity contribution in [3.63, 3.8) is 0 Å². The molecule has 0 saturated heterocycles. The van der Waals surface area contributed by atoms with Crippen LogP contribution in [0.4, 0.5) is 0 Å². The minimum Gasteiger partial charge on any atom is -0.312 e. The van der Waals surface area contributed by atoms with E-state index < -0.39 is 0 Å². The third-order valence-electron chi connectivity index (χ3n) is 12.2. The molecule has 2 nitrogen and oxygen atoms in total. The zero-order chi connectivity index (χ0) is 35.2. The zero-order valence-electron chi connectivity index (χ0n) is 30.1. The maximum atomic E-state index is 12.4. The normalized spacial score (nSPS) is 18.3. The monoisotopic (exact) mass is 860 g/mol. The van der Waals surface area contributed by atoms with Crippen molar-refractivity contribution in [2.24, 2.45) is 5.41 Å². The van der Waals surface area contributed by atoms with Crippen LogP contribution in [-0.2, 0) is 25.2 Å². The minimum atomic E-state index is -0.106. The summed E-state index contributed by atoms with van der Waals surface area (Å²) in [6.45, 7) is 7.14. The summed E-state index contributed by atoms with van der Waals surface area (Å²) < 4.78 is 2.57. The second-order valence-corrected chi connectivity index (χ2v) is 15.2. The molecule has 53 heavy (non-hydrogen) atoms. The number of hydrogen-bond donors (Lipinski definition) is 0. The van der Waals surface area contributed by atoms with Crippen molar-refractivity contribution in [2.45, 2.75) is 39.0 Å². The van der Waals surface area contributed by atoms with Crippen LogP contribution in [0.3, 0.4) is 0 Å². The van der Waals surface area contributed by atoms with Crippen LogP contribution in [0, 0.1) is 11.5 Å². The Kier molecular flexibility index (Phi) is 7.81. The Morgan fingerprint density at radius 3 is 2.42 bits per heavy atom. The first kappa shape index (κ1) is 33.5. The van der Waals surface area contributed by atoms with Gasteiger partial charge in [0.05, 0.1) is 11.0 Å². The molecule has 7 aromatic rings. The van der Waals surface area contributed by atoms with Crippen LogP contribution >= 0.6 is 0 Å². The molecule has 257 valence electrons. The fourth-order valence-electron chi connectivity index (χ4n) is 9.55. The predicted molar refractivity (Wildman–Crippen MR) is 217 cm³/mol. The van der Waals surface area contributed by atoms with E-state index in [1.165, 1.54) is 66.1 Å². The first-order valence-corrected chi connectivity index (χ1v) is 18.4. The summed E-state index contributed by atoms with van der Waals surface area (Å²) >= 11 is 0. The van der Waals surface area contributed by atoms with Crippen LogP contribution in [0.15, 0.2) is 157 Å². The summed E-state index contributed by atoms with van der Waals surface area (Å²) in [5.41, 5.74) is 15.2. The third-order valence-corrected chi connectivity index (χ3v) is 12.2. The van der Waals surface area contributed by atoms with E-state index in [0.717, 1.165) is 41.4 Å². The average Bonchev–Trinajstić information content (AvgIpc) is 3.54. The van der Waals surface area contributed by atoms with Gasteiger partial charge in [0.15, 0.2) is 0 Å². The van der Waals surface area contributed by atoms with Crippen molar-refractivity contribution in [3.8, 4) is 22.3 Å². The quantitative estimate of drug-likeness (QED) is 0.125. The van der Waals surface area contributed by atoms with Crippen LogP contribution in [-0.4, -0.2) is 10.9 Å². The van der Waals surface area contributed by atoms with Gasteiger partial charge < -0.3 is 4.57 Å². The van der Waals surface area contributed by atoms with Gasteiger partial charge in [0.25, 0.3) is 0 Å². The number of rotatable bonds is 5. The fourth-order valence-corrected chi connectivity index (χ4v) is 9.55. The molecule has 0 spiro atoms. The van der Waals surface area contributed by atoms with Gasteiger partial charge in [-0.1, -0.05) is 129 Å². The van der Waals surface area contributed by atoms with Crippen LogP contribution in [0.2, 0.25) is 0 Å². The van der Waals surface area contributed by atoms with Crippen LogP contribution < -0.4 is 0 Å². The van der Waals surface area contributed by atoms with E-state index in [-0.39, 0.29) is 30.6 Å². The number of nitrogens with zero attached hydrogens (tertiary/aromatic N) is 1. The summed E-state index contributed by atoms with van der Waals surface area (Å²) in [4.78, 5) is 12.4. The van der Waals surface area contributed by atoms with Crippen molar-refractivity contribution in [3.05, 3.63) is 180 Å². The Morgan fingerprint density at radius 2 is 1.58 bits per heavy atom. The molecule has 0 bridgehead atoms. The molecule has 3 heteroatoms. The number of fused-ring (bicyclic) bond motifs is 7. The molecule has 3 aliphatic carbocycles. The number of carbonyl (C=O) groups excluding carboxylic acids is 1. The van der Waals surface area contributed by atoms with Crippen molar-refractivity contribution >= 4 is 50.1 Å². The Balaban J connectivity index is 0.00000372. The second kappa shape index (κ2) is 12.4. The average molecular weight is 859 g/mol. The number of carbonyl (C=O) groups is 1. The summed E-state index contributed by atoms with van der Waals surface area (Å²) in [6, 6.07) is 46.5. The van der Waals surface area contributed by atoms with E-state index in [1.807, 2.05) is 30.3 Å². The van der Waals surface area contributed by atoms with Crippen molar-refractivity contribution in [2.75, 3.05) is 0 Å². The van der Waals surface area contributed by atoms with E-state index in [4.69, 9.17) is 0 Å². The van der Waals surface area contributed by atoms with Gasteiger partial charge in [0.2, 0.25) is 0 Å². The second-order valence-electron chi connectivity index (χ2n) is 15.2. The maximum absolute atomic E-state index is 12.4. The predicted octanol–water partition coefficient (Wildman–Crippen LogP) is 12.8. The molecule has 1 unspecified atom stereocenters. The fraction of sp³-hybridized carbons (Fsp3) is 0.140. The first-order chi connectivity index (χ1) is 25.4.